The van der Waals surface area contributed by atoms with Crippen molar-refractivity contribution in [2.45, 2.75) is 19.6 Å². The van der Waals surface area contributed by atoms with Gasteiger partial charge in [-0.1, -0.05) is 0 Å². The van der Waals surface area contributed by atoms with Crippen molar-refractivity contribution >= 4 is 43.0 Å². The van der Waals surface area contributed by atoms with Crippen LogP contribution in [0.25, 0.3) is 0 Å². The molecular formula is C3H11NaO3SSi. The van der Waals surface area contributed by atoms with E-state index in [1.165, 1.54) is 27.0 Å². The van der Waals surface area contributed by atoms with Crippen molar-refractivity contribution in [3.63, 3.8) is 0 Å². The Balaban J connectivity index is 0. The Morgan fingerprint density at radius 1 is 1.33 bits per heavy atom. The average molecular weight is 178 g/mol. The van der Waals surface area contributed by atoms with Crippen LogP contribution in [0.4, 0.5) is 0 Å². The van der Waals surface area contributed by atoms with E-state index in [9.17, 15) is 0 Å². The van der Waals surface area contributed by atoms with Gasteiger partial charge in [-0.25, -0.2) is 0 Å². The molecule has 0 radical (unpaired) electrons. The van der Waals surface area contributed by atoms with E-state index in [0.717, 1.165) is 0 Å². The summed E-state index contributed by atoms with van der Waals surface area (Å²) in [5.74, 6) is 0. The molecule has 0 spiro atoms. The zero-order valence-corrected chi connectivity index (χ0v) is 10.0. The van der Waals surface area contributed by atoms with E-state index in [0.29, 0.717) is 0 Å². The zero-order chi connectivity index (χ0) is 8.08. The molecule has 0 fully saturated rings. The van der Waals surface area contributed by atoms with Crippen LogP contribution in [0.1, 0.15) is 0 Å². The van der Waals surface area contributed by atoms with Gasteiger partial charge in [0.2, 0.25) is 0 Å². The van der Waals surface area contributed by atoms with E-state index in [2.05, 4.69) is 19.6 Å². The van der Waals surface area contributed by atoms with Gasteiger partial charge in [0.25, 0.3) is 11.4 Å². The van der Waals surface area contributed by atoms with Gasteiger partial charge >= 0.3 is 51.3 Å². The second-order valence-electron chi connectivity index (χ2n) is 3.23. The largest absolute Gasteiger partial charge is 0.299 e. The Kier molecular flexibility index (Phi) is 8.65. The van der Waals surface area contributed by atoms with E-state index < -0.39 is 16.0 Å². The predicted octanol–water partition coefficient (Wildman–Crippen LogP) is 0.671. The Morgan fingerprint density at radius 2 is 1.33 bits per heavy atom. The molecule has 0 aliphatic heterocycles. The zero-order valence-electron chi connectivity index (χ0n) is 6.21. The summed E-state index contributed by atoms with van der Waals surface area (Å²) in [6.07, 6.45) is 0. The maximum Gasteiger partial charge on any atom is 0.299 e. The Morgan fingerprint density at radius 3 is 1.33 bits per heavy atom. The van der Waals surface area contributed by atoms with Crippen molar-refractivity contribution in [1.29, 1.82) is 0 Å². The molecule has 52 valence electrons. The van der Waals surface area contributed by atoms with Gasteiger partial charge in [-0.2, -0.15) is 4.21 Å². The summed E-state index contributed by atoms with van der Waals surface area (Å²) in [6, 6.07) is 0. The van der Waals surface area contributed by atoms with E-state index in [1.54, 1.807) is 0 Å². The third kappa shape index (κ3) is 298. The summed E-state index contributed by atoms with van der Waals surface area (Å²) < 4.78 is 22.4. The second-order valence-corrected chi connectivity index (χ2v) is 18.7. The van der Waals surface area contributed by atoms with Crippen LogP contribution >= 0.6 is 0 Å². The van der Waals surface area contributed by atoms with Gasteiger partial charge in [0.1, 0.15) is 0 Å². The monoisotopic (exact) mass is 178 g/mol. The van der Waals surface area contributed by atoms with Crippen molar-refractivity contribution in [2.24, 2.45) is 0 Å². The molecule has 0 heterocycles. The van der Waals surface area contributed by atoms with Crippen molar-refractivity contribution in [3.8, 4) is 0 Å². The van der Waals surface area contributed by atoms with E-state index in [1.807, 2.05) is 0 Å². The molecule has 0 aliphatic carbocycles. The van der Waals surface area contributed by atoms with Crippen LogP contribution in [0.15, 0.2) is 0 Å². The van der Waals surface area contributed by atoms with Crippen LogP contribution in [0.5, 0.6) is 0 Å². The van der Waals surface area contributed by atoms with E-state index >= 15 is 0 Å². The first-order valence-corrected chi connectivity index (χ1v) is 10.6. The average Bonchev–Trinajstić information content (AvgIpc) is 1.19. The van der Waals surface area contributed by atoms with Gasteiger partial charge in [-0.05, 0) is 0 Å². The minimum absolute atomic E-state index is 0.472. The molecule has 0 atom stereocenters. The summed E-state index contributed by atoms with van der Waals surface area (Å²) in [4.78, 5) is 0. The van der Waals surface area contributed by atoms with Crippen LogP contribution in [-0.2, 0) is 11.4 Å². The molecular weight excluding hydrogens is 167 g/mol. The first-order chi connectivity index (χ1) is 3.73. The van der Waals surface area contributed by atoms with Crippen LogP contribution < -0.4 is 0 Å². The second kappa shape index (κ2) is 6.03. The Labute approximate surface area is 75.6 Å². The van der Waals surface area contributed by atoms with Gasteiger partial charge in [0, 0.05) is 0 Å². The molecule has 9 heavy (non-hydrogen) atoms. The first-order valence-electron chi connectivity index (χ1n) is 2.53. The minimum Gasteiger partial charge on any atom is -0.284 e. The van der Waals surface area contributed by atoms with E-state index in [-0.39, 0.29) is 0 Å². The van der Waals surface area contributed by atoms with Gasteiger partial charge < -0.3 is 0 Å². The van der Waals surface area contributed by atoms with Gasteiger partial charge in [-0.3, -0.25) is 9.11 Å². The van der Waals surface area contributed by atoms with Crippen molar-refractivity contribution in [2.75, 3.05) is 0 Å². The van der Waals surface area contributed by atoms with Crippen LogP contribution in [0, 0.1) is 0 Å². The summed E-state index contributed by atoms with van der Waals surface area (Å²) in [7, 11) is 0. The molecule has 2 N–H and O–H groups in total. The molecule has 3 nitrogen and oxygen atoms in total. The quantitative estimate of drug-likeness (QED) is 0.423. The van der Waals surface area contributed by atoms with Crippen LogP contribution in [0.3, 0.4) is 0 Å². The molecule has 0 aromatic carbocycles. The normalized spacial score (nSPS) is 10.7. The number of hydrogen-bond donors (Lipinski definition) is 2. The van der Waals surface area contributed by atoms with Crippen molar-refractivity contribution in [1.82, 2.24) is 0 Å². The SMILES string of the molecule is C[Si](C)(C)[Na].O=S(O)O. The fourth-order valence-corrected chi connectivity index (χ4v) is 0. The fourth-order valence-electron chi connectivity index (χ4n) is 0. The van der Waals surface area contributed by atoms with Gasteiger partial charge in [0.15, 0.2) is 0 Å². The molecule has 0 unspecified atom stereocenters. The fraction of sp³-hybridized carbons (Fsp3) is 1.00. The molecule has 0 saturated carbocycles. The molecule has 0 aromatic heterocycles. The number of rotatable bonds is 0. The third-order valence-corrected chi connectivity index (χ3v) is 0. The van der Waals surface area contributed by atoms with Crippen molar-refractivity contribution in [3.05, 3.63) is 0 Å². The Hall–Kier alpha value is 1.29. The number of hydrogen-bond acceptors (Lipinski definition) is 1. The van der Waals surface area contributed by atoms with Crippen molar-refractivity contribution < 1.29 is 13.3 Å². The van der Waals surface area contributed by atoms with Crippen LogP contribution in [-0.4, -0.2) is 45.0 Å². The summed E-state index contributed by atoms with van der Waals surface area (Å²) in [6.45, 7) is 7.16. The first kappa shape index (κ1) is 12.9. The Bertz CT molecular complexity index is 81.5. The molecule has 6 heteroatoms. The molecule has 0 amide bonds. The molecule has 0 saturated heterocycles. The van der Waals surface area contributed by atoms with Crippen LogP contribution in [0.2, 0.25) is 19.6 Å². The van der Waals surface area contributed by atoms with Gasteiger partial charge in [-0.15, -0.1) is 0 Å². The molecule has 0 aliphatic rings. The summed E-state index contributed by atoms with van der Waals surface area (Å²) in [5.41, 5.74) is 0. The molecule has 0 aromatic rings. The topological polar surface area (TPSA) is 57.5 Å². The van der Waals surface area contributed by atoms with E-state index in [4.69, 9.17) is 13.3 Å². The minimum atomic E-state index is -2.61. The predicted molar refractivity (Wildman–Crippen MR) is 42.5 cm³/mol. The maximum atomic E-state index is 8.67. The third-order valence-electron chi connectivity index (χ3n) is 0. The standard InChI is InChI=1S/C3H9Si.Na.H2O3S/c1-4(2)3;;1-4(2)3/h1-3H3;;(H2,1,2,3). The molecule has 0 bridgehead atoms. The molecule has 0 rings (SSSR count). The summed E-state index contributed by atoms with van der Waals surface area (Å²) >= 11 is -1.16. The maximum absolute atomic E-state index is 8.67. The summed E-state index contributed by atoms with van der Waals surface area (Å²) in [5, 5.41) is 0. The van der Waals surface area contributed by atoms with Gasteiger partial charge in [0.05, 0.1) is 0 Å². The smallest absolute Gasteiger partial charge is 0.284 e.